The van der Waals surface area contributed by atoms with Crippen molar-refractivity contribution in [2.24, 2.45) is 0 Å². The van der Waals surface area contributed by atoms with Crippen molar-refractivity contribution in [3.8, 4) is 0 Å². The van der Waals surface area contributed by atoms with E-state index in [2.05, 4.69) is 28.9 Å². The summed E-state index contributed by atoms with van der Waals surface area (Å²) >= 11 is 0. The number of aromatic amines is 1. The van der Waals surface area contributed by atoms with Gasteiger partial charge in [0.25, 0.3) is 5.91 Å². The molecule has 0 radical (unpaired) electrons. The molecule has 1 amide bonds. The number of likely N-dealkylation sites (N-methyl/N-ethyl adjacent to an activating group) is 1. The number of hydrogen-bond acceptors (Lipinski definition) is 5. The maximum Gasteiger partial charge on any atom is 0.274 e. The maximum absolute atomic E-state index is 13.0. The Morgan fingerprint density at radius 1 is 1.30 bits per heavy atom. The topological polar surface area (TPSA) is 70.7 Å². The summed E-state index contributed by atoms with van der Waals surface area (Å²) in [5, 5.41) is 7.35. The molecule has 2 aliphatic rings. The smallest absolute Gasteiger partial charge is 0.274 e. The Kier molecular flexibility index (Phi) is 6.89. The summed E-state index contributed by atoms with van der Waals surface area (Å²) in [4.78, 5) is 17.3. The van der Waals surface area contributed by atoms with Crippen molar-refractivity contribution >= 4 is 5.91 Å². The average molecular weight is 379 g/mol. The lowest BCUT2D eigenvalue weighted by Crippen LogP contribution is -2.42. The molecule has 152 valence electrons. The fourth-order valence-electron chi connectivity index (χ4n) is 4.11. The van der Waals surface area contributed by atoms with E-state index in [1.54, 1.807) is 0 Å². The van der Waals surface area contributed by atoms with Crippen molar-refractivity contribution in [1.82, 2.24) is 20.0 Å². The number of nitrogens with one attached hydrogen (secondary N) is 1. The number of rotatable bonds is 7. The summed E-state index contributed by atoms with van der Waals surface area (Å²) in [6, 6.07) is 0. The lowest BCUT2D eigenvalue weighted by atomic mass is 9.98. The van der Waals surface area contributed by atoms with Crippen molar-refractivity contribution in [2.45, 2.75) is 65.3 Å². The van der Waals surface area contributed by atoms with E-state index in [0.717, 1.165) is 69.9 Å². The number of carbonyl (C=O) groups excluding carboxylic acids is 1. The van der Waals surface area contributed by atoms with Crippen LogP contribution in [0.2, 0.25) is 0 Å². The van der Waals surface area contributed by atoms with Gasteiger partial charge in [-0.3, -0.25) is 9.89 Å². The minimum Gasteiger partial charge on any atom is -0.377 e. The fourth-order valence-corrected chi connectivity index (χ4v) is 4.11. The number of fused-ring (bicyclic) bond motifs is 1. The Bertz CT molecular complexity index is 621. The fraction of sp³-hybridized carbons (Fsp3) is 0.800. The van der Waals surface area contributed by atoms with Crippen LogP contribution in [0.1, 0.15) is 68.4 Å². The highest BCUT2D eigenvalue weighted by molar-refractivity contribution is 5.94. The van der Waals surface area contributed by atoms with Gasteiger partial charge in [-0.05, 0) is 39.8 Å². The van der Waals surface area contributed by atoms with Crippen molar-refractivity contribution < 1.29 is 14.3 Å². The van der Waals surface area contributed by atoms with Crippen LogP contribution in [0.4, 0.5) is 0 Å². The van der Waals surface area contributed by atoms with Gasteiger partial charge in [0.1, 0.15) is 0 Å². The van der Waals surface area contributed by atoms with Crippen molar-refractivity contribution in [3.05, 3.63) is 17.0 Å². The molecule has 27 heavy (non-hydrogen) atoms. The van der Waals surface area contributed by atoms with E-state index in [4.69, 9.17) is 9.47 Å². The van der Waals surface area contributed by atoms with Crippen LogP contribution in [0.5, 0.6) is 0 Å². The molecule has 2 aliphatic heterocycles. The molecule has 1 saturated heterocycles. The van der Waals surface area contributed by atoms with Crippen LogP contribution in [0.15, 0.2) is 0 Å². The molecule has 3 rings (SSSR count). The average Bonchev–Trinajstić information content (AvgIpc) is 3.09. The van der Waals surface area contributed by atoms with Gasteiger partial charge in [0.05, 0.1) is 30.6 Å². The van der Waals surface area contributed by atoms with E-state index >= 15 is 0 Å². The Hall–Kier alpha value is -1.44. The first-order valence-electron chi connectivity index (χ1n) is 10.4. The third-order valence-corrected chi connectivity index (χ3v) is 5.82. The standard InChI is InChI=1S/C20H34N4O3/c1-5-23(6-2)11-12-26-16-7-9-24(10-8-16)20(25)19-17-13-14(3)27-15(4)18(17)21-22-19/h14-16H,5-13H2,1-4H3,(H,21,22)/t14-,15+/m0/s1. The Labute approximate surface area is 162 Å². The van der Waals surface area contributed by atoms with E-state index in [9.17, 15) is 4.79 Å². The predicted molar refractivity (Wildman–Crippen MR) is 104 cm³/mol. The number of hydrogen-bond donors (Lipinski definition) is 1. The van der Waals surface area contributed by atoms with Gasteiger partial charge in [-0.15, -0.1) is 0 Å². The monoisotopic (exact) mass is 378 g/mol. The number of piperidine rings is 1. The molecule has 1 fully saturated rings. The molecule has 0 bridgehead atoms. The molecule has 7 nitrogen and oxygen atoms in total. The number of ether oxygens (including phenoxy) is 2. The number of nitrogens with zero attached hydrogens (tertiary/aromatic N) is 3. The number of aromatic nitrogens is 2. The molecule has 0 aromatic carbocycles. The van der Waals surface area contributed by atoms with Crippen molar-refractivity contribution in [3.63, 3.8) is 0 Å². The SMILES string of the molecule is CCN(CC)CCOC1CCN(C(=O)c2n[nH]c3c2C[C@H](C)O[C@@H]3C)CC1. The van der Waals surface area contributed by atoms with Crippen molar-refractivity contribution in [1.29, 1.82) is 0 Å². The lowest BCUT2D eigenvalue weighted by Gasteiger charge is -2.32. The van der Waals surface area contributed by atoms with Crippen LogP contribution in [0, 0.1) is 0 Å². The molecule has 1 N–H and O–H groups in total. The van der Waals surface area contributed by atoms with E-state index in [1.807, 2.05) is 18.7 Å². The second kappa shape index (κ2) is 9.17. The molecule has 0 saturated carbocycles. The van der Waals surface area contributed by atoms with E-state index in [-0.39, 0.29) is 24.2 Å². The first-order chi connectivity index (χ1) is 13.0. The van der Waals surface area contributed by atoms with Crippen LogP contribution < -0.4 is 0 Å². The highest BCUT2D eigenvalue weighted by atomic mass is 16.5. The Morgan fingerprint density at radius 3 is 2.67 bits per heavy atom. The number of amides is 1. The summed E-state index contributed by atoms with van der Waals surface area (Å²) < 4.78 is 11.9. The number of likely N-dealkylation sites (tertiary alicyclic amines) is 1. The largest absolute Gasteiger partial charge is 0.377 e. The summed E-state index contributed by atoms with van der Waals surface area (Å²) in [6.45, 7) is 13.7. The van der Waals surface area contributed by atoms with Gasteiger partial charge in [0, 0.05) is 31.6 Å². The van der Waals surface area contributed by atoms with Gasteiger partial charge in [-0.1, -0.05) is 13.8 Å². The highest BCUT2D eigenvalue weighted by Crippen LogP contribution is 2.31. The zero-order chi connectivity index (χ0) is 19.4. The molecular weight excluding hydrogens is 344 g/mol. The zero-order valence-electron chi connectivity index (χ0n) is 17.2. The van der Waals surface area contributed by atoms with Crippen LogP contribution >= 0.6 is 0 Å². The molecule has 0 spiro atoms. The molecule has 2 atom stereocenters. The Balaban J connectivity index is 1.51. The third kappa shape index (κ3) is 4.70. The summed E-state index contributed by atoms with van der Waals surface area (Å²) in [5.74, 6) is 0.0374. The molecule has 0 aliphatic carbocycles. The lowest BCUT2D eigenvalue weighted by molar-refractivity contribution is -0.00724. The third-order valence-electron chi connectivity index (χ3n) is 5.82. The van der Waals surface area contributed by atoms with Gasteiger partial charge >= 0.3 is 0 Å². The number of carbonyl (C=O) groups is 1. The molecule has 7 heteroatoms. The van der Waals surface area contributed by atoms with Gasteiger partial charge in [0.2, 0.25) is 0 Å². The first-order valence-corrected chi connectivity index (χ1v) is 10.4. The molecule has 1 aromatic heterocycles. The second-order valence-corrected chi connectivity index (χ2v) is 7.65. The van der Waals surface area contributed by atoms with Crippen LogP contribution in [-0.4, -0.2) is 77.4 Å². The Morgan fingerprint density at radius 2 is 2.00 bits per heavy atom. The molecule has 3 heterocycles. The molecular formula is C20H34N4O3. The van der Waals surface area contributed by atoms with E-state index in [0.29, 0.717) is 5.69 Å². The minimum atomic E-state index is -0.0391. The maximum atomic E-state index is 13.0. The van der Waals surface area contributed by atoms with Gasteiger partial charge < -0.3 is 19.3 Å². The second-order valence-electron chi connectivity index (χ2n) is 7.65. The van der Waals surface area contributed by atoms with E-state index < -0.39 is 0 Å². The highest BCUT2D eigenvalue weighted by Gasteiger charge is 2.32. The quantitative estimate of drug-likeness (QED) is 0.789. The minimum absolute atomic E-state index is 0.0374. The summed E-state index contributed by atoms with van der Waals surface area (Å²) in [5.41, 5.74) is 2.56. The van der Waals surface area contributed by atoms with Gasteiger partial charge in [-0.2, -0.15) is 5.10 Å². The van der Waals surface area contributed by atoms with Crippen molar-refractivity contribution in [2.75, 3.05) is 39.3 Å². The predicted octanol–water partition coefficient (Wildman–Crippen LogP) is 2.39. The van der Waals surface area contributed by atoms with Crippen LogP contribution in [0.25, 0.3) is 0 Å². The number of H-pyrrole nitrogens is 1. The summed E-state index contributed by atoms with van der Waals surface area (Å²) in [6.07, 6.45) is 2.86. The molecule has 0 unspecified atom stereocenters. The first kappa shape index (κ1) is 20.3. The van der Waals surface area contributed by atoms with Crippen LogP contribution in [-0.2, 0) is 15.9 Å². The van der Waals surface area contributed by atoms with Gasteiger partial charge in [0.15, 0.2) is 5.69 Å². The molecule has 1 aromatic rings. The normalized spacial score (nSPS) is 23.7. The van der Waals surface area contributed by atoms with Crippen LogP contribution in [0.3, 0.4) is 0 Å². The summed E-state index contributed by atoms with van der Waals surface area (Å²) in [7, 11) is 0. The zero-order valence-corrected chi connectivity index (χ0v) is 17.2. The van der Waals surface area contributed by atoms with E-state index in [1.165, 1.54) is 0 Å². The van der Waals surface area contributed by atoms with Gasteiger partial charge in [-0.25, -0.2) is 0 Å².